The second kappa shape index (κ2) is 13.2. The highest BCUT2D eigenvalue weighted by molar-refractivity contribution is 7.57. The number of nitrogens with one attached hydrogen (secondary N) is 1. The lowest BCUT2D eigenvalue weighted by molar-refractivity contribution is -0.145. The zero-order chi connectivity index (χ0) is 31.5. The van der Waals surface area contributed by atoms with Gasteiger partial charge in [-0.25, -0.2) is 27.4 Å². The van der Waals surface area contributed by atoms with Crippen LogP contribution in [0.3, 0.4) is 0 Å². The molecule has 7 nitrogen and oxygen atoms in total. The minimum Gasteiger partial charge on any atom is -0.465 e. The number of ether oxygens (including phenoxy) is 2. The Morgan fingerprint density at radius 3 is 2.19 bits per heavy atom. The largest absolute Gasteiger partial charge is 0.465 e. The van der Waals surface area contributed by atoms with Gasteiger partial charge in [-0.3, -0.25) is 9.36 Å². The van der Waals surface area contributed by atoms with Crippen molar-refractivity contribution in [3.8, 4) is 11.5 Å². The van der Waals surface area contributed by atoms with Gasteiger partial charge in [0.2, 0.25) is 40.7 Å². The lowest BCUT2D eigenvalue weighted by atomic mass is 10.2. The minimum atomic E-state index is -4.55. The Kier molecular flexibility index (Phi) is 9.83. The number of halogens is 6. The van der Waals surface area contributed by atoms with Crippen LogP contribution in [0.15, 0.2) is 54.6 Å². The second-order valence-electron chi connectivity index (χ2n) is 9.05. The number of alkyl halides is 1. The fraction of sp³-hybridized carbons (Fsp3) is 0.214. The first-order chi connectivity index (χ1) is 20.4. The van der Waals surface area contributed by atoms with E-state index in [1.54, 1.807) is 25.1 Å². The maximum absolute atomic E-state index is 16.0. The summed E-state index contributed by atoms with van der Waals surface area (Å²) in [5.41, 5.74) is -0.189. The molecule has 0 aliphatic heterocycles. The Balaban J connectivity index is 1.63. The first-order valence-electron chi connectivity index (χ1n) is 12.6. The van der Waals surface area contributed by atoms with Crippen LogP contribution in [0.5, 0.6) is 11.5 Å². The molecule has 43 heavy (non-hydrogen) atoms. The van der Waals surface area contributed by atoms with E-state index in [4.69, 9.17) is 9.26 Å². The number of carbonyl (C=O) groups excluding carboxylic acids is 2. The molecule has 0 amide bonds. The van der Waals surface area contributed by atoms with Crippen LogP contribution in [0.1, 0.15) is 41.4 Å². The first kappa shape index (κ1) is 32.1. The van der Waals surface area contributed by atoms with Crippen LogP contribution >= 0.6 is 18.9 Å². The molecule has 3 aromatic carbocycles. The summed E-state index contributed by atoms with van der Waals surface area (Å²) in [6.07, 6.45) is 0.528. The predicted molar refractivity (Wildman–Crippen MR) is 145 cm³/mol. The number of esters is 2. The van der Waals surface area contributed by atoms with Gasteiger partial charge in [-0.05, 0) is 54.6 Å². The summed E-state index contributed by atoms with van der Waals surface area (Å²) in [5, 5.41) is 2.62. The quantitative estimate of drug-likeness (QED) is 0.0442. The molecule has 15 heteroatoms. The maximum atomic E-state index is 16.0. The van der Waals surface area contributed by atoms with Gasteiger partial charge < -0.3 is 14.0 Å². The third kappa shape index (κ3) is 6.87. The van der Waals surface area contributed by atoms with E-state index in [0.29, 0.717) is 11.1 Å². The number of thiophene rings is 1. The van der Waals surface area contributed by atoms with Crippen molar-refractivity contribution in [2.75, 3.05) is 6.61 Å². The molecule has 0 radical (unpaired) electrons. The summed E-state index contributed by atoms with van der Waals surface area (Å²) in [7, 11) is -4.55. The molecule has 0 aliphatic carbocycles. The van der Waals surface area contributed by atoms with E-state index in [0.717, 1.165) is 17.4 Å². The van der Waals surface area contributed by atoms with Crippen molar-refractivity contribution >= 4 is 40.9 Å². The van der Waals surface area contributed by atoms with Crippen LogP contribution in [0, 0.1) is 29.1 Å². The van der Waals surface area contributed by atoms with Crippen molar-refractivity contribution < 1.29 is 54.5 Å². The molecule has 1 unspecified atom stereocenters. The molecule has 4 rings (SSSR count). The first-order valence-corrected chi connectivity index (χ1v) is 15.1. The zero-order valence-electron chi connectivity index (χ0n) is 22.3. The number of rotatable bonds is 11. The molecule has 0 fully saturated rings. The lowest BCUT2D eigenvalue weighted by Gasteiger charge is -2.26. The van der Waals surface area contributed by atoms with Crippen molar-refractivity contribution in [2.45, 2.75) is 32.2 Å². The molecule has 0 saturated heterocycles. The lowest BCUT2D eigenvalue weighted by Crippen LogP contribution is -2.35. The van der Waals surface area contributed by atoms with Crippen molar-refractivity contribution in [1.29, 1.82) is 0 Å². The van der Waals surface area contributed by atoms with E-state index in [1.165, 1.54) is 37.3 Å². The van der Waals surface area contributed by atoms with Gasteiger partial charge >= 0.3 is 19.5 Å². The monoisotopic (exact) mass is 645 g/mol. The third-order valence-corrected chi connectivity index (χ3v) is 9.06. The summed E-state index contributed by atoms with van der Waals surface area (Å²) in [6.45, 7) is 3.20. The van der Waals surface area contributed by atoms with Crippen LogP contribution in [0.4, 0.5) is 26.3 Å². The Morgan fingerprint density at radius 1 is 0.930 bits per heavy atom. The Morgan fingerprint density at radius 2 is 1.56 bits per heavy atom. The van der Waals surface area contributed by atoms with Crippen LogP contribution in [-0.4, -0.2) is 24.6 Å². The topological polar surface area (TPSA) is 90.9 Å². The average Bonchev–Trinajstić information content (AvgIpc) is 3.43. The van der Waals surface area contributed by atoms with Gasteiger partial charge in [0.25, 0.3) is 0 Å². The highest BCUT2D eigenvalue weighted by Crippen LogP contribution is 2.58. The molecule has 3 atom stereocenters. The Bertz CT molecular complexity index is 1690. The van der Waals surface area contributed by atoms with E-state index in [1.807, 2.05) is 0 Å². The molecule has 0 spiro atoms. The molecule has 1 heterocycles. The molecule has 1 N–H and O–H groups in total. The van der Waals surface area contributed by atoms with E-state index in [-0.39, 0.29) is 28.2 Å². The number of benzene rings is 3. The van der Waals surface area contributed by atoms with Crippen LogP contribution in [-0.2, 0) is 14.1 Å². The van der Waals surface area contributed by atoms with Gasteiger partial charge in [0, 0.05) is 4.70 Å². The molecule has 1 aromatic heterocycles. The normalized spacial score (nSPS) is 14.1. The highest BCUT2D eigenvalue weighted by atomic mass is 32.1. The van der Waals surface area contributed by atoms with Crippen LogP contribution in [0.25, 0.3) is 10.1 Å². The summed E-state index contributed by atoms with van der Waals surface area (Å²) < 4.78 is 114. The average molecular weight is 646 g/mol. The molecular weight excluding hydrogens is 623 g/mol. The van der Waals surface area contributed by atoms with Crippen LogP contribution in [0.2, 0.25) is 0 Å². The van der Waals surface area contributed by atoms with Gasteiger partial charge in [0.05, 0.1) is 6.61 Å². The molecular formula is C28H22F6NO6PS. The standard InChI is InChI=1S/C28H22F6NO6PS/c1-3-11-39-27(36)14(2)35-42(38,41-17-7-5-4-6-8-17)26(34)15-9-10-18-16(12-15)13-19(43-18)28(37)40-25-23(32)21(30)20(29)22(31)24(25)33/h4-10,12-14,26H,3,11H2,1-2H3,(H,35,38)/t14-,26-,42?/m0/s1. The van der Waals surface area contributed by atoms with E-state index in [9.17, 15) is 36.1 Å². The van der Waals surface area contributed by atoms with E-state index in [2.05, 4.69) is 9.82 Å². The highest BCUT2D eigenvalue weighted by Gasteiger charge is 2.41. The van der Waals surface area contributed by atoms with E-state index < -0.39 is 66.2 Å². The zero-order valence-corrected chi connectivity index (χ0v) is 24.0. The summed E-state index contributed by atoms with van der Waals surface area (Å²) >= 11 is 0.720. The SMILES string of the molecule is CCCOC(=O)[C@H](C)NP(=O)(Oc1ccccc1)[C@H](F)c1ccc2sc(C(=O)Oc3c(F)c(F)c(F)c(F)c3F)cc2c1. The fourth-order valence-electron chi connectivity index (χ4n) is 3.75. The van der Waals surface area contributed by atoms with Gasteiger partial charge in [-0.15, -0.1) is 11.3 Å². The number of hydrogen-bond donors (Lipinski definition) is 1. The maximum Gasteiger partial charge on any atom is 0.355 e. The second-order valence-corrected chi connectivity index (χ2v) is 12.2. The molecule has 4 aromatic rings. The van der Waals surface area contributed by atoms with Gasteiger partial charge in [0.1, 0.15) is 16.7 Å². The minimum absolute atomic E-state index is 0.0462. The molecule has 0 saturated carbocycles. The summed E-state index contributed by atoms with van der Waals surface area (Å²) in [5.74, 6) is -18.0. The van der Waals surface area contributed by atoms with Crippen molar-refractivity contribution in [2.24, 2.45) is 0 Å². The fourth-order valence-corrected chi connectivity index (χ4v) is 6.58. The molecule has 0 aliphatic rings. The Hall–Kier alpha value is -3.87. The third-order valence-electron chi connectivity index (χ3n) is 5.84. The number of hydrogen-bond acceptors (Lipinski definition) is 7. The van der Waals surface area contributed by atoms with Crippen LogP contribution < -0.4 is 14.3 Å². The Labute approximate surface area is 244 Å². The number of fused-ring (bicyclic) bond motifs is 1. The number of carbonyl (C=O) groups is 2. The summed E-state index contributed by atoms with van der Waals surface area (Å²) in [6, 6.07) is 11.4. The smallest absolute Gasteiger partial charge is 0.355 e. The molecule has 0 bridgehead atoms. The predicted octanol–water partition coefficient (Wildman–Crippen LogP) is 7.99. The van der Waals surface area contributed by atoms with Gasteiger partial charge in [-0.2, -0.15) is 8.78 Å². The van der Waals surface area contributed by atoms with Crippen molar-refractivity contribution in [3.63, 3.8) is 0 Å². The van der Waals surface area contributed by atoms with Gasteiger partial charge in [-0.1, -0.05) is 31.2 Å². The van der Waals surface area contributed by atoms with Gasteiger partial charge in [0.15, 0.2) is 0 Å². The van der Waals surface area contributed by atoms with Crippen molar-refractivity contribution in [3.05, 3.63) is 94.1 Å². The van der Waals surface area contributed by atoms with E-state index >= 15 is 4.39 Å². The summed E-state index contributed by atoms with van der Waals surface area (Å²) in [4.78, 5) is 24.6. The number of para-hydroxylation sites is 1. The van der Waals surface area contributed by atoms with Crippen molar-refractivity contribution in [1.82, 2.24) is 5.09 Å². The molecule has 228 valence electrons.